The highest BCUT2D eigenvalue weighted by Gasteiger charge is 2.25. The topological polar surface area (TPSA) is 102 Å². The van der Waals surface area contributed by atoms with Gasteiger partial charge in [0.15, 0.2) is 6.10 Å². The quantitative estimate of drug-likeness (QED) is 0.0261. The van der Waals surface area contributed by atoms with Crippen molar-refractivity contribution in [2.24, 2.45) is 0 Å². The van der Waals surface area contributed by atoms with Crippen molar-refractivity contribution in [3.63, 3.8) is 0 Å². The van der Waals surface area contributed by atoms with E-state index in [4.69, 9.17) is 14.2 Å². The largest absolute Gasteiger partial charge is 0.544 e. The highest BCUT2D eigenvalue weighted by atomic mass is 16.6. The van der Waals surface area contributed by atoms with Gasteiger partial charge in [-0.05, 0) is 38.5 Å². The third-order valence-electron chi connectivity index (χ3n) is 11.1. The molecule has 0 N–H and O–H groups in total. The standard InChI is InChI=1S/C50H93NO7/c1-6-8-10-12-14-16-18-20-21-22-23-24-25-26-27-28-29-31-33-35-37-39-41-49(53)58-46(44-56-43-42-47(50(54)55)51(3,4)5)45-57-48(52)40-38-36-34-32-30-19-17-15-13-11-9-7-2/h9,11,15,17,46-47H,6-8,10,12-14,16,18-45H2,1-5H3/b11-9+,17-15+. The van der Waals surface area contributed by atoms with Gasteiger partial charge in [0, 0.05) is 19.3 Å². The van der Waals surface area contributed by atoms with Gasteiger partial charge in [0.25, 0.3) is 0 Å². The van der Waals surface area contributed by atoms with Crippen molar-refractivity contribution in [2.45, 2.75) is 238 Å². The van der Waals surface area contributed by atoms with Gasteiger partial charge in [0.2, 0.25) is 0 Å². The molecular weight excluding hydrogens is 727 g/mol. The van der Waals surface area contributed by atoms with E-state index in [1.807, 2.05) is 0 Å². The zero-order valence-electron chi connectivity index (χ0n) is 38.7. The average Bonchev–Trinajstić information content (AvgIpc) is 3.18. The summed E-state index contributed by atoms with van der Waals surface area (Å²) in [5.74, 6) is -1.74. The molecule has 0 radical (unpaired) electrons. The van der Waals surface area contributed by atoms with Crippen LogP contribution in [-0.2, 0) is 28.6 Å². The van der Waals surface area contributed by atoms with Gasteiger partial charge in [-0.15, -0.1) is 0 Å². The molecule has 0 rings (SSSR count). The van der Waals surface area contributed by atoms with Crippen molar-refractivity contribution in [3.05, 3.63) is 24.3 Å². The van der Waals surface area contributed by atoms with Gasteiger partial charge in [-0.3, -0.25) is 9.59 Å². The van der Waals surface area contributed by atoms with Crippen molar-refractivity contribution < 1.29 is 38.2 Å². The number of hydrogen-bond acceptors (Lipinski definition) is 7. The fourth-order valence-corrected chi connectivity index (χ4v) is 7.35. The molecule has 2 unspecified atom stereocenters. The van der Waals surface area contributed by atoms with E-state index in [0.717, 1.165) is 70.6 Å². The third-order valence-corrected chi connectivity index (χ3v) is 11.1. The number of esters is 2. The zero-order valence-corrected chi connectivity index (χ0v) is 38.7. The smallest absolute Gasteiger partial charge is 0.306 e. The molecular formula is C50H93NO7. The van der Waals surface area contributed by atoms with Crippen LogP contribution in [0.5, 0.6) is 0 Å². The number of aliphatic carboxylic acids is 1. The molecule has 2 atom stereocenters. The first-order valence-electron chi connectivity index (χ1n) is 24.4. The number of quaternary nitrogens is 1. The monoisotopic (exact) mass is 820 g/mol. The number of carboxylic acids is 1. The molecule has 0 aromatic carbocycles. The minimum absolute atomic E-state index is 0.0403. The van der Waals surface area contributed by atoms with Crippen LogP contribution in [0.1, 0.15) is 226 Å². The molecule has 0 aromatic rings. The van der Waals surface area contributed by atoms with Gasteiger partial charge in [-0.1, -0.05) is 192 Å². The predicted octanol–water partition coefficient (Wildman–Crippen LogP) is 12.3. The number of allylic oxidation sites excluding steroid dienone is 4. The summed E-state index contributed by atoms with van der Waals surface area (Å²) >= 11 is 0. The van der Waals surface area contributed by atoms with Crippen molar-refractivity contribution >= 4 is 17.9 Å². The first kappa shape index (κ1) is 55.8. The fraction of sp³-hybridized carbons (Fsp3) is 0.860. The van der Waals surface area contributed by atoms with Gasteiger partial charge in [-0.2, -0.15) is 0 Å². The summed E-state index contributed by atoms with van der Waals surface area (Å²) in [6.07, 6.45) is 46.4. The number of hydrogen-bond donors (Lipinski definition) is 0. The summed E-state index contributed by atoms with van der Waals surface area (Å²) in [6, 6.07) is -0.725. The molecule has 58 heavy (non-hydrogen) atoms. The first-order valence-corrected chi connectivity index (χ1v) is 24.4. The Morgan fingerprint density at radius 2 is 0.966 bits per heavy atom. The van der Waals surface area contributed by atoms with E-state index in [9.17, 15) is 19.5 Å². The second-order valence-corrected chi connectivity index (χ2v) is 17.7. The highest BCUT2D eigenvalue weighted by Crippen LogP contribution is 2.16. The van der Waals surface area contributed by atoms with E-state index in [1.165, 1.54) is 122 Å². The average molecular weight is 820 g/mol. The Morgan fingerprint density at radius 1 is 0.534 bits per heavy atom. The van der Waals surface area contributed by atoms with E-state index < -0.39 is 18.1 Å². The summed E-state index contributed by atoms with van der Waals surface area (Å²) in [7, 11) is 5.41. The van der Waals surface area contributed by atoms with Crippen LogP contribution in [0.3, 0.4) is 0 Å². The lowest BCUT2D eigenvalue weighted by Gasteiger charge is -2.34. The number of carbonyl (C=O) groups is 3. The predicted molar refractivity (Wildman–Crippen MR) is 240 cm³/mol. The molecule has 0 saturated carbocycles. The van der Waals surface area contributed by atoms with E-state index >= 15 is 0 Å². The van der Waals surface area contributed by atoms with Crippen LogP contribution in [-0.4, -0.2) is 75.5 Å². The molecule has 0 amide bonds. The summed E-state index contributed by atoms with van der Waals surface area (Å²) in [5, 5.41) is 11.6. The summed E-state index contributed by atoms with van der Waals surface area (Å²) in [4.78, 5) is 36.9. The fourth-order valence-electron chi connectivity index (χ4n) is 7.35. The lowest BCUT2D eigenvalue weighted by molar-refractivity contribution is -0.889. The van der Waals surface area contributed by atoms with Crippen LogP contribution >= 0.6 is 0 Å². The van der Waals surface area contributed by atoms with Crippen molar-refractivity contribution in [1.29, 1.82) is 0 Å². The summed E-state index contributed by atoms with van der Waals surface area (Å²) in [6.45, 7) is 4.57. The van der Waals surface area contributed by atoms with Crippen LogP contribution in [0.25, 0.3) is 0 Å². The van der Waals surface area contributed by atoms with E-state index in [0.29, 0.717) is 12.8 Å². The number of carbonyl (C=O) groups excluding carboxylic acids is 3. The Balaban J connectivity index is 4.18. The van der Waals surface area contributed by atoms with Gasteiger partial charge >= 0.3 is 11.9 Å². The van der Waals surface area contributed by atoms with Crippen molar-refractivity contribution in [1.82, 2.24) is 0 Å². The van der Waals surface area contributed by atoms with Crippen LogP contribution in [0.2, 0.25) is 0 Å². The molecule has 0 heterocycles. The molecule has 0 saturated heterocycles. The maximum Gasteiger partial charge on any atom is 0.306 e. The Labute approximate surface area is 358 Å². The first-order chi connectivity index (χ1) is 28.1. The molecule has 340 valence electrons. The molecule has 0 aliphatic rings. The Hall–Kier alpha value is -2.19. The molecule has 8 nitrogen and oxygen atoms in total. The van der Waals surface area contributed by atoms with E-state index in [-0.39, 0.29) is 42.7 Å². The number of likely N-dealkylation sites (N-methyl/N-ethyl adjacent to an activating group) is 1. The number of carboxylic acid groups (broad SMARTS) is 1. The van der Waals surface area contributed by atoms with E-state index in [2.05, 4.69) is 38.2 Å². The maximum absolute atomic E-state index is 12.8. The van der Waals surface area contributed by atoms with Crippen LogP contribution in [0.15, 0.2) is 24.3 Å². The third kappa shape index (κ3) is 39.3. The van der Waals surface area contributed by atoms with Crippen LogP contribution in [0.4, 0.5) is 0 Å². The molecule has 0 fully saturated rings. The lowest BCUT2D eigenvalue weighted by Crippen LogP contribution is -2.55. The minimum Gasteiger partial charge on any atom is -0.544 e. The van der Waals surface area contributed by atoms with Gasteiger partial charge in [-0.25, -0.2) is 0 Å². The lowest BCUT2D eigenvalue weighted by atomic mass is 10.0. The normalized spacial score (nSPS) is 13.1. The number of nitrogens with zero attached hydrogens (tertiary/aromatic N) is 1. The Kier molecular flexibility index (Phi) is 40.0. The molecule has 0 bridgehead atoms. The highest BCUT2D eigenvalue weighted by molar-refractivity contribution is 5.70. The van der Waals surface area contributed by atoms with Crippen molar-refractivity contribution in [3.8, 4) is 0 Å². The Bertz CT molecular complexity index is 1000. The molecule has 0 spiro atoms. The number of unbranched alkanes of at least 4 members (excludes halogenated alkanes) is 26. The zero-order chi connectivity index (χ0) is 42.8. The molecule has 8 heteroatoms. The SMILES string of the molecule is CC/C=C/C/C=C/CCCCCCCC(=O)OCC(COCCC(C(=O)[O-])[N+](C)(C)C)OC(=O)CCCCCCCCCCCCCCCCCCCCCCCC. The van der Waals surface area contributed by atoms with Gasteiger partial charge in [0.1, 0.15) is 12.6 Å². The van der Waals surface area contributed by atoms with Gasteiger partial charge in [0.05, 0.1) is 40.3 Å². The van der Waals surface area contributed by atoms with Crippen LogP contribution < -0.4 is 5.11 Å². The van der Waals surface area contributed by atoms with Gasteiger partial charge < -0.3 is 28.6 Å². The summed E-state index contributed by atoms with van der Waals surface area (Å²) in [5.41, 5.74) is 0. The molecule has 0 aromatic heterocycles. The van der Waals surface area contributed by atoms with Crippen molar-refractivity contribution in [2.75, 3.05) is 41.0 Å². The summed E-state index contributed by atoms with van der Waals surface area (Å²) < 4.78 is 17.2. The maximum atomic E-state index is 12.8. The minimum atomic E-state index is -1.12. The second kappa shape index (κ2) is 41.5. The van der Waals surface area contributed by atoms with E-state index in [1.54, 1.807) is 21.1 Å². The molecule has 0 aliphatic heterocycles. The molecule has 0 aliphatic carbocycles. The number of rotatable bonds is 44. The second-order valence-electron chi connectivity index (χ2n) is 17.7. The van der Waals surface area contributed by atoms with Crippen LogP contribution in [0, 0.1) is 0 Å². The Morgan fingerprint density at radius 3 is 1.41 bits per heavy atom. The number of ether oxygens (including phenoxy) is 3.